The number of rotatable bonds is 31. The zero-order chi connectivity index (χ0) is 26.4. The van der Waals surface area contributed by atoms with E-state index in [1.807, 2.05) is 0 Å². The van der Waals surface area contributed by atoms with Gasteiger partial charge in [-0.1, -0.05) is 194 Å². The fourth-order valence-corrected chi connectivity index (χ4v) is 6.04. The van der Waals surface area contributed by atoms with Gasteiger partial charge in [0.05, 0.1) is 0 Å². The molecule has 36 heavy (non-hydrogen) atoms. The normalized spacial score (nSPS) is 12.0. The molecular weight excluding hydrogens is 436 g/mol. The summed E-state index contributed by atoms with van der Waals surface area (Å²) in [5.41, 5.74) is 0.226. The molecule has 0 rings (SSSR count). The van der Waals surface area contributed by atoms with Crippen LogP contribution in [0.4, 0.5) is 0 Å². The standard InChI is InChI=1S/C35H72O/c1-4-7-10-13-16-19-22-25-28-31-35(34-36,32-29-26-23-20-17-14-11-8-5-2)33-30-27-24-21-18-15-12-9-6-3/h36H,4-34H2,1-3H3. The Morgan fingerprint density at radius 1 is 0.306 bits per heavy atom. The predicted molar refractivity (Wildman–Crippen MR) is 165 cm³/mol. The Bertz CT molecular complexity index is 335. The Morgan fingerprint density at radius 3 is 0.694 bits per heavy atom. The summed E-state index contributed by atoms with van der Waals surface area (Å²) in [4.78, 5) is 0. The maximum absolute atomic E-state index is 10.5. The summed E-state index contributed by atoms with van der Waals surface area (Å²) in [7, 11) is 0. The average molecular weight is 509 g/mol. The molecule has 0 heterocycles. The lowest BCUT2D eigenvalue weighted by atomic mass is 9.74. The fraction of sp³-hybridized carbons (Fsp3) is 1.00. The summed E-state index contributed by atoms with van der Waals surface area (Å²) >= 11 is 0. The van der Waals surface area contributed by atoms with Crippen molar-refractivity contribution in [3.8, 4) is 0 Å². The first-order chi connectivity index (χ1) is 17.7. The van der Waals surface area contributed by atoms with Gasteiger partial charge >= 0.3 is 0 Å². The molecule has 0 aromatic carbocycles. The third-order valence-electron chi connectivity index (χ3n) is 8.77. The van der Waals surface area contributed by atoms with Crippen molar-refractivity contribution in [2.24, 2.45) is 5.41 Å². The minimum Gasteiger partial charge on any atom is -0.396 e. The second-order valence-electron chi connectivity index (χ2n) is 12.4. The molecular formula is C35H72O. The number of unbranched alkanes of at least 4 members (excludes halogenated alkanes) is 24. The van der Waals surface area contributed by atoms with E-state index in [0.29, 0.717) is 6.61 Å². The van der Waals surface area contributed by atoms with Crippen molar-refractivity contribution in [2.45, 2.75) is 213 Å². The third kappa shape index (κ3) is 24.3. The molecule has 0 aromatic rings. The lowest BCUT2D eigenvalue weighted by Gasteiger charge is -2.32. The lowest BCUT2D eigenvalue weighted by Crippen LogP contribution is -2.26. The predicted octanol–water partition coefficient (Wildman–Crippen LogP) is 12.7. The third-order valence-corrected chi connectivity index (χ3v) is 8.77. The van der Waals surface area contributed by atoms with E-state index in [-0.39, 0.29) is 5.41 Å². The van der Waals surface area contributed by atoms with Crippen LogP contribution in [-0.4, -0.2) is 11.7 Å². The van der Waals surface area contributed by atoms with E-state index < -0.39 is 0 Å². The van der Waals surface area contributed by atoms with E-state index in [9.17, 15) is 5.11 Å². The zero-order valence-electron chi connectivity index (χ0n) is 25.9. The van der Waals surface area contributed by atoms with Crippen LogP contribution in [0.1, 0.15) is 213 Å². The summed E-state index contributed by atoms with van der Waals surface area (Å²) < 4.78 is 0. The van der Waals surface area contributed by atoms with Crippen LogP contribution < -0.4 is 0 Å². The summed E-state index contributed by atoms with van der Waals surface area (Å²) in [6.07, 6.45) is 41.6. The van der Waals surface area contributed by atoms with E-state index in [1.165, 1.54) is 193 Å². The minimum absolute atomic E-state index is 0.226. The Labute approximate surface area is 230 Å². The SMILES string of the molecule is CCCCCCCCCCCC(CO)(CCCCCCCCCCC)CCCCCCCCCCC. The Morgan fingerprint density at radius 2 is 0.500 bits per heavy atom. The van der Waals surface area contributed by atoms with E-state index in [0.717, 1.165) is 0 Å². The van der Waals surface area contributed by atoms with Crippen molar-refractivity contribution in [2.75, 3.05) is 6.61 Å². The monoisotopic (exact) mass is 509 g/mol. The fourth-order valence-electron chi connectivity index (χ4n) is 6.04. The van der Waals surface area contributed by atoms with Gasteiger partial charge in [-0.15, -0.1) is 0 Å². The number of hydrogen-bond acceptors (Lipinski definition) is 1. The van der Waals surface area contributed by atoms with Gasteiger partial charge in [-0.05, 0) is 24.7 Å². The minimum atomic E-state index is 0.226. The van der Waals surface area contributed by atoms with Crippen LogP contribution >= 0.6 is 0 Å². The Balaban J connectivity index is 4.22. The molecule has 0 saturated carbocycles. The van der Waals surface area contributed by atoms with Crippen LogP contribution in [-0.2, 0) is 0 Å². The smallest absolute Gasteiger partial charge is 0.0487 e. The number of hydrogen-bond donors (Lipinski definition) is 1. The van der Waals surface area contributed by atoms with Crippen LogP contribution in [0.25, 0.3) is 0 Å². The molecule has 0 radical (unpaired) electrons. The molecule has 0 aromatic heterocycles. The molecule has 1 heteroatoms. The van der Waals surface area contributed by atoms with E-state index in [4.69, 9.17) is 0 Å². The van der Waals surface area contributed by atoms with Crippen LogP contribution in [0, 0.1) is 5.41 Å². The molecule has 0 aliphatic rings. The molecule has 0 unspecified atom stereocenters. The molecule has 0 atom stereocenters. The van der Waals surface area contributed by atoms with E-state index >= 15 is 0 Å². The largest absolute Gasteiger partial charge is 0.396 e. The molecule has 1 nitrogen and oxygen atoms in total. The van der Waals surface area contributed by atoms with Gasteiger partial charge in [-0.3, -0.25) is 0 Å². The maximum atomic E-state index is 10.5. The average Bonchev–Trinajstić information content (AvgIpc) is 2.89. The van der Waals surface area contributed by atoms with Gasteiger partial charge < -0.3 is 5.11 Å². The molecule has 1 N–H and O–H groups in total. The highest BCUT2D eigenvalue weighted by molar-refractivity contribution is 4.79. The van der Waals surface area contributed by atoms with Gasteiger partial charge in [0.1, 0.15) is 0 Å². The molecule has 0 fully saturated rings. The Hall–Kier alpha value is -0.0400. The van der Waals surface area contributed by atoms with Crippen molar-refractivity contribution >= 4 is 0 Å². The summed E-state index contributed by atoms with van der Waals surface area (Å²) in [5, 5.41) is 10.5. The van der Waals surface area contributed by atoms with Gasteiger partial charge in [-0.2, -0.15) is 0 Å². The van der Waals surface area contributed by atoms with Gasteiger partial charge in [-0.25, -0.2) is 0 Å². The second kappa shape index (κ2) is 29.5. The summed E-state index contributed by atoms with van der Waals surface area (Å²) in [6, 6.07) is 0. The van der Waals surface area contributed by atoms with Crippen LogP contribution in [0.2, 0.25) is 0 Å². The highest BCUT2D eigenvalue weighted by Crippen LogP contribution is 2.37. The first-order valence-electron chi connectivity index (χ1n) is 17.4. The molecule has 0 aliphatic heterocycles. The zero-order valence-corrected chi connectivity index (χ0v) is 25.9. The van der Waals surface area contributed by atoms with Gasteiger partial charge in [0.15, 0.2) is 0 Å². The number of aliphatic hydroxyl groups excluding tert-OH is 1. The topological polar surface area (TPSA) is 20.2 Å². The molecule has 0 spiro atoms. The molecule has 218 valence electrons. The summed E-state index contributed by atoms with van der Waals surface area (Å²) in [5.74, 6) is 0. The molecule has 0 amide bonds. The second-order valence-corrected chi connectivity index (χ2v) is 12.4. The van der Waals surface area contributed by atoms with E-state index in [1.54, 1.807) is 0 Å². The quantitative estimate of drug-likeness (QED) is 0.0923. The molecule has 0 saturated heterocycles. The lowest BCUT2D eigenvalue weighted by molar-refractivity contribution is 0.0856. The highest BCUT2D eigenvalue weighted by atomic mass is 16.3. The first kappa shape index (κ1) is 36.0. The van der Waals surface area contributed by atoms with E-state index in [2.05, 4.69) is 20.8 Å². The van der Waals surface area contributed by atoms with Crippen LogP contribution in [0.5, 0.6) is 0 Å². The first-order valence-corrected chi connectivity index (χ1v) is 17.4. The highest BCUT2D eigenvalue weighted by Gasteiger charge is 2.27. The van der Waals surface area contributed by atoms with Gasteiger partial charge in [0.25, 0.3) is 0 Å². The van der Waals surface area contributed by atoms with Crippen LogP contribution in [0.3, 0.4) is 0 Å². The van der Waals surface area contributed by atoms with Crippen molar-refractivity contribution in [3.63, 3.8) is 0 Å². The van der Waals surface area contributed by atoms with Crippen molar-refractivity contribution in [1.29, 1.82) is 0 Å². The van der Waals surface area contributed by atoms with Crippen molar-refractivity contribution < 1.29 is 5.11 Å². The van der Waals surface area contributed by atoms with Crippen molar-refractivity contribution in [3.05, 3.63) is 0 Å². The molecule has 0 aliphatic carbocycles. The van der Waals surface area contributed by atoms with Crippen molar-refractivity contribution in [1.82, 2.24) is 0 Å². The van der Waals surface area contributed by atoms with Gasteiger partial charge in [0.2, 0.25) is 0 Å². The molecule has 0 bridgehead atoms. The van der Waals surface area contributed by atoms with Crippen LogP contribution in [0.15, 0.2) is 0 Å². The maximum Gasteiger partial charge on any atom is 0.0487 e. The Kier molecular flexibility index (Phi) is 29.5. The van der Waals surface area contributed by atoms with Gasteiger partial charge in [0, 0.05) is 6.61 Å². The summed E-state index contributed by atoms with van der Waals surface area (Å²) in [6.45, 7) is 7.34. The number of aliphatic hydroxyl groups is 1.